The summed E-state index contributed by atoms with van der Waals surface area (Å²) in [7, 11) is -3.56. The second-order valence-corrected chi connectivity index (χ2v) is 10.1. The Morgan fingerprint density at radius 3 is 2.69 bits per heavy atom. The largest absolute Gasteiger partial charge is 0.486 e. The summed E-state index contributed by atoms with van der Waals surface area (Å²) in [6.45, 7) is 1.75. The van der Waals surface area contributed by atoms with E-state index in [2.05, 4.69) is 41.4 Å². The maximum Gasteiger partial charge on any atom is 0.264 e. The fourth-order valence-electron chi connectivity index (χ4n) is 3.37. The number of oxime groups is 1. The molecule has 10 nitrogen and oxygen atoms in total. The molecule has 0 unspecified atom stereocenters. The van der Waals surface area contributed by atoms with Crippen LogP contribution in [-0.2, 0) is 25.7 Å². The van der Waals surface area contributed by atoms with Crippen LogP contribution in [0.4, 0.5) is 11.5 Å². The maximum atomic E-state index is 11.1. The van der Waals surface area contributed by atoms with Gasteiger partial charge in [0.05, 0.1) is 22.5 Å². The van der Waals surface area contributed by atoms with E-state index in [0.29, 0.717) is 51.1 Å². The van der Waals surface area contributed by atoms with Gasteiger partial charge in [-0.15, -0.1) is 0 Å². The molecule has 0 bridgehead atoms. The standard InChI is InChI=1S/C27H24ClN5O5S/c1-3-6-24(33-37-13-14-38-39(2,34)35)19-8-10-25-22(15-19)27(31-18-30-25)32-20-9-11-26(23(28)16-20)36-17-21-7-4-5-12-29-21/h4-5,7-12,15-16,18H,13-14,17H2,1-2H3,(H,30,31,32). The highest BCUT2D eigenvalue weighted by atomic mass is 35.5. The SMILES string of the molecule is CC#CC(=NOCCOS(C)(=O)=O)c1ccc2ncnc(Nc3ccc(OCc4ccccn4)c(Cl)c3)c2c1. The van der Waals surface area contributed by atoms with E-state index in [1.807, 2.05) is 42.5 Å². The van der Waals surface area contributed by atoms with Gasteiger partial charge in [-0.05, 0) is 61.4 Å². The number of benzene rings is 2. The number of rotatable bonds is 11. The molecule has 200 valence electrons. The molecule has 4 aromatic rings. The van der Waals surface area contributed by atoms with E-state index >= 15 is 0 Å². The van der Waals surface area contributed by atoms with Gasteiger partial charge in [0.25, 0.3) is 10.1 Å². The van der Waals surface area contributed by atoms with Gasteiger partial charge in [0.2, 0.25) is 0 Å². The van der Waals surface area contributed by atoms with Gasteiger partial charge in [-0.3, -0.25) is 9.17 Å². The molecule has 0 radical (unpaired) electrons. The van der Waals surface area contributed by atoms with Gasteiger partial charge in [-0.2, -0.15) is 8.42 Å². The maximum absolute atomic E-state index is 11.1. The van der Waals surface area contributed by atoms with Gasteiger partial charge in [-0.1, -0.05) is 28.7 Å². The summed E-state index contributed by atoms with van der Waals surface area (Å²) in [5, 5.41) is 8.48. The number of hydrogen-bond donors (Lipinski definition) is 1. The minimum Gasteiger partial charge on any atom is -0.486 e. The average molecular weight is 566 g/mol. The molecule has 39 heavy (non-hydrogen) atoms. The number of halogens is 1. The molecule has 0 amide bonds. The predicted octanol–water partition coefficient (Wildman–Crippen LogP) is 4.72. The van der Waals surface area contributed by atoms with E-state index in [4.69, 9.17) is 21.2 Å². The van der Waals surface area contributed by atoms with Crippen LogP contribution >= 0.6 is 11.6 Å². The number of aromatic nitrogens is 3. The first-order chi connectivity index (χ1) is 18.8. The summed E-state index contributed by atoms with van der Waals surface area (Å²) in [6, 6.07) is 16.4. The molecule has 0 saturated carbocycles. The predicted molar refractivity (Wildman–Crippen MR) is 150 cm³/mol. The van der Waals surface area contributed by atoms with Gasteiger partial charge >= 0.3 is 0 Å². The molecule has 12 heteroatoms. The van der Waals surface area contributed by atoms with Crippen LogP contribution in [0, 0.1) is 11.8 Å². The molecule has 0 spiro atoms. The zero-order chi connectivity index (χ0) is 27.7. The zero-order valence-electron chi connectivity index (χ0n) is 21.1. The summed E-state index contributed by atoms with van der Waals surface area (Å²) in [5.41, 5.74) is 3.21. The first kappa shape index (κ1) is 27.8. The summed E-state index contributed by atoms with van der Waals surface area (Å²) in [6.07, 6.45) is 4.13. The van der Waals surface area contributed by atoms with Crippen molar-refractivity contribution in [3.63, 3.8) is 0 Å². The Bertz CT molecular complexity index is 1650. The van der Waals surface area contributed by atoms with Crippen molar-refractivity contribution in [1.29, 1.82) is 0 Å². The van der Waals surface area contributed by atoms with E-state index in [0.717, 1.165) is 11.9 Å². The molecule has 0 fully saturated rings. The Labute approximate surface area is 231 Å². The van der Waals surface area contributed by atoms with Gasteiger partial charge in [0.1, 0.15) is 37.7 Å². The van der Waals surface area contributed by atoms with Crippen LogP contribution in [0.5, 0.6) is 5.75 Å². The van der Waals surface area contributed by atoms with E-state index in [1.54, 1.807) is 25.3 Å². The summed E-state index contributed by atoms with van der Waals surface area (Å²) in [5.74, 6) is 6.78. The minimum atomic E-state index is -3.56. The summed E-state index contributed by atoms with van der Waals surface area (Å²) >= 11 is 6.47. The van der Waals surface area contributed by atoms with Crippen LogP contribution < -0.4 is 10.1 Å². The highest BCUT2D eigenvalue weighted by Crippen LogP contribution is 2.31. The van der Waals surface area contributed by atoms with E-state index in [9.17, 15) is 8.42 Å². The van der Waals surface area contributed by atoms with Gasteiger partial charge in [-0.25, -0.2) is 9.97 Å². The number of nitrogens with one attached hydrogen (secondary N) is 1. The van der Waals surface area contributed by atoms with Crippen molar-refractivity contribution >= 4 is 49.8 Å². The first-order valence-corrected chi connectivity index (χ1v) is 13.8. The third-order valence-electron chi connectivity index (χ3n) is 5.08. The highest BCUT2D eigenvalue weighted by Gasteiger charge is 2.11. The molecule has 2 heterocycles. The van der Waals surface area contributed by atoms with Crippen LogP contribution in [0.15, 0.2) is 72.3 Å². The van der Waals surface area contributed by atoms with Crippen LogP contribution in [-0.4, -0.2) is 48.6 Å². The number of pyridine rings is 1. The third-order valence-corrected chi connectivity index (χ3v) is 5.97. The molecule has 4 rings (SSSR count). The molecule has 0 saturated heterocycles. The Balaban J connectivity index is 1.52. The van der Waals surface area contributed by atoms with Crippen LogP contribution in [0.2, 0.25) is 5.02 Å². The van der Waals surface area contributed by atoms with Crippen molar-refractivity contribution in [2.75, 3.05) is 24.8 Å². The summed E-state index contributed by atoms with van der Waals surface area (Å²) in [4.78, 5) is 18.2. The van der Waals surface area contributed by atoms with Crippen molar-refractivity contribution in [2.45, 2.75) is 13.5 Å². The van der Waals surface area contributed by atoms with Crippen molar-refractivity contribution in [2.24, 2.45) is 5.16 Å². The third kappa shape index (κ3) is 8.12. The fraction of sp³-hybridized carbons (Fsp3) is 0.185. The smallest absolute Gasteiger partial charge is 0.264 e. The molecular formula is C27H24ClN5O5S. The lowest BCUT2D eigenvalue weighted by atomic mass is 10.1. The molecule has 0 aliphatic rings. The first-order valence-electron chi connectivity index (χ1n) is 11.6. The molecule has 0 aliphatic heterocycles. The lowest BCUT2D eigenvalue weighted by Crippen LogP contribution is -2.09. The van der Waals surface area contributed by atoms with Crippen molar-refractivity contribution in [3.8, 4) is 17.6 Å². The van der Waals surface area contributed by atoms with Gasteiger partial charge in [0.15, 0.2) is 5.71 Å². The monoisotopic (exact) mass is 565 g/mol. The van der Waals surface area contributed by atoms with E-state index < -0.39 is 10.1 Å². The fourth-order valence-corrected chi connectivity index (χ4v) is 3.98. The minimum absolute atomic E-state index is 0.0617. The lowest BCUT2D eigenvalue weighted by molar-refractivity contribution is 0.110. The normalized spacial score (nSPS) is 11.5. The van der Waals surface area contributed by atoms with Crippen molar-refractivity contribution in [1.82, 2.24) is 15.0 Å². The van der Waals surface area contributed by atoms with Crippen LogP contribution in [0.3, 0.4) is 0 Å². The van der Waals surface area contributed by atoms with Crippen LogP contribution in [0.1, 0.15) is 18.2 Å². The van der Waals surface area contributed by atoms with Crippen molar-refractivity contribution < 1.29 is 22.2 Å². The molecule has 1 N–H and O–H groups in total. The number of hydrogen-bond acceptors (Lipinski definition) is 10. The Morgan fingerprint density at radius 1 is 1.08 bits per heavy atom. The number of nitrogens with zero attached hydrogens (tertiary/aromatic N) is 4. The molecule has 0 aliphatic carbocycles. The summed E-state index contributed by atoms with van der Waals surface area (Å²) < 4.78 is 32.6. The highest BCUT2D eigenvalue weighted by molar-refractivity contribution is 7.85. The zero-order valence-corrected chi connectivity index (χ0v) is 22.7. The second-order valence-electron chi connectivity index (χ2n) is 8.01. The van der Waals surface area contributed by atoms with E-state index in [-0.39, 0.29) is 13.2 Å². The molecule has 2 aromatic heterocycles. The Hall–Kier alpha value is -4.24. The Morgan fingerprint density at radius 2 is 1.95 bits per heavy atom. The molecule has 2 aromatic carbocycles. The average Bonchev–Trinajstić information content (AvgIpc) is 2.92. The molecule has 0 atom stereocenters. The number of ether oxygens (including phenoxy) is 1. The van der Waals surface area contributed by atoms with Gasteiger partial charge in [0, 0.05) is 22.8 Å². The lowest BCUT2D eigenvalue weighted by Gasteiger charge is -2.12. The van der Waals surface area contributed by atoms with E-state index in [1.165, 1.54) is 6.33 Å². The number of anilines is 2. The van der Waals surface area contributed by atoms with Crippen LogP contribution in [0.25, 0.3) is 10.9 Å². The quantitative estimate of drug-likeness (QED) is 0.0903. The number of fused-ring (bicyclic) bond motifs is 1. The Kier molecular flexibility index (Phi) is 9.27. The molecular weight excluding hydrogens is 542 g/mol. The second kappa shape index (κ2) is 13.0. The topological polar surface area (TPSA) is 125 Å². The van der Waals surface area contributed by atoms with Gasteiger partial charge < -0.3 is 14.9 Å². The van der Waals surface area contributed by atoms with Crippen molar-refractivity contribution in [3.05, 3.63) is 83.4 Å².